The van der Waals surface area contributed by atoms with Gasteiger partial charge in [0.25, 0.3) is 0 Å². The number of unbranched alkanes of at least 4 members (excludes halogenated alkanes) is 3. The van der Waals surface area contributed by atoms with Crippen molar-refractivity contribution in [1.82, 2.24) is 5.32 Å². The molecule has 0 bridgehead atoms. The standard InChI is InChI=1S/C26H35N/c1-6-7-8-12-15-21-23-18-19(2)16-17-22(23)25(27-26(3,4)5)24(21)20-13-10-9-11-14-20/h9-11,13-14,16-18,21,27H,6-8,12,15H2,1-5H3. The number of aryl methyl sites for hydroxylation is 1. The maximum absolute atomic E-state index is 3.85. The van der Waals surface area contributed by atoms with Gasteiger partial charge in [0.05, 0.1) is 0 Å². The van der Waals surface area contributed by atoms with Crippen LogP contribution in [0.15, 0.2) is 48.5 Å². The van der Waals surface area contributed by atoms with Crippen molar-refractivity contribution in [2.24, 2.45) is 0 Å². The number of benzene rings is 2. The Morgan fingerprint density at radius 2 is 1.67 bits per heavy atom. The summed E-state index contributed by atoms with van der Waals surface area (Å²) in [6.45, 7) is 11.3. The van der Waals surface area contributed by atoms with E-state index in [0.29, 0.717) is 5.92 Å². The molecule has 1 aliphatic carbocycles. The minimum absolute atomic E-state index is 0.0363. The van der Waals surface area contributed by atoms with Crippen LogP contribution < -0.4 is 5.32 Å². The quantitative estimate of drug-likeness (QED) is 0.509. The highest BCUT2D eigenvalue weighted by Crippen LogP contribution is 2.49. The Balaban J connectivity index is 2.08. The fourth-order valence-electron chi connectivity index (χ4n) is 4.22. The molecule has 1 heteroatoms. The molecular formula is C26H35N. The molecule has 0 amide bonds. The molecule has 0 saturated heterocycles. The smallest absolute Gasteiger partial charge is 0.0465 e. The lowest BCUT2D eigenvalue weighted by molar-refractivity contribution is 0.502. The first-order valence-electron chi connectivity index (χ1n) is 10.6. The number of fused-ring (bicyclic) bond motifs is 1. The summed E-state index contributed by atoms with van der Waals surface area (Å²) in [5, 5.41) is 3.85. The molecule has 1 atom stereocenters. The molecule has 2 aromatic rings. The average Bonchev–Trinajstić information content (AvgIpc) is 2.90. The van der Waals surface area contributed by atoms with E-state index in [1.165, 1.54) is 65.6 Å². The molecule has 0 radical (unpaired) electrons. The Labute approximate surface area is 165 Å². The predicted molar refractivity (Wildman–Crippen MR) is 119 cm³/mol. The van der Waals surface area contributed by atoms with Crippen LogP contribution >= 0.6 is 0 Å². The van der Waals surface area contributed by atoms with E-state index in [2.05, 4.69) is 88.5 Å². The van der Waals surface area contributed by atoms with E-state index in [0.717, 1.165) is 0 Å². The van der Waals surface area contributed by atoms with Gasteiger partial charge < -0.3 is 5.32 Å². The van der Waals surface area contributed by atoms with Gasteiger partial charge in [0.15, 0.2) is 0 Å². The normalized spacial score (nSPS) is 16.6. The first kappa shape index (κ1) is 19.7. The minimum Gasteiger partial charge on any atom is -0.380 e. The zero-order valence-corrected chi connectivity index (χ0v) is 17.7. The predicted octanol–water partition coefficient (Wildman–Crippen LogP) is 7.32. The Kier molecular flexibility index (Phi) is 6.09. The number of hydrogen-bond donors (Lipinski definition) is 1. The van der Waals surface area contributed by atoms with Gasteiger partial charge in [0, 0.05) is 22.7 Å². The summed E-state index contributed by atoms with van der Waals surface area (Å²) in [4.78, 5) is 0. The van der Waals surface area contributed by atoms with Crippen molar-refractivity contribution in [3.8, 4) is 0 Å². The van der Waals surface area contributed by atoms with Crippen molar-refractivity contribution < 1.29 is 0 Å². The topological polar surface area (TPSA) is 12.0 Å². The molecule has 0 aliphatic heterocycles. The molecule has 3 rings (SSSR count). The monoisotopic (exact) mass is 361 g/mol. The van der Waals surface area contributed by atoms with E-state index in [1.54, 1.807) is 0 Å². The fourth-order valence-corrected chi connectivity index (χ4v) is 4.22. The lowest BCUT2D eigenvalue weighted by Crippen LogP contribution is -2.34. The van der Waals surface area contributed by atoms with E-state index in [4.69, 9.17) is 0 Å². The molecule has 2 aromatic carbocycles. The molecular weight excluding hydrogens is 326 g/mol. The van der Waals surface area contributed by atoms with Crippen molar-refractivity contribution in [3.05, 3.63) is 70.8 Å². The number of hydrogen-bond acceptors (Lipinski definition) is 1. The molecule has 1 aliphatic rings. The molecule has 0 heterocycles. The summed E-state index contributed by atoms with van der Waals surface area (Å²) < 4.78 is 0. The van der Waals surface area contributed by atoms with Crippen LogP contribution in [0.5, 0.6) is 0 Å². The molecule has 1 nitrogen and oxygen atoms in total. The highest BCUT2D eigenvalue weighted by Gasteiger charge is 2.33. The highest BCUT2D eigenvalue weighted by atomic mass is 15.0. The third kappa shape index (κ3) is 4.64. The third-order valence-corrected chi connectivity index (χ3v) is 5.40. The van der Waals surface area contributed by atoms with E-state index in [-0.39, 0.29) is 5.54 Å². The van der Waals surface area contributed by atoms with Gasteiger partial charge in [0.2, 0.25) is 0 Å². The molecule has 0 aromatic heterocycles. The van der Waals surface area contributed by atoms with Gasteiger partial charge in [-0.05, 0) is 50.8 Å². The first-order chi connectivity index (χ1) is 12.9. The molecule has 0 fully saturated rings. The summed E-state index contributed by atoms with van der Waals surface area (Å²) >= 11 is 0. The maximum atomic E-state index is 3.85. The summed E-state index contributed by atoms with van der Waals surface area (Å²) in [5.74, 6) is 0.490. The number of allylic oxidation sites excluding steroid dienone is 1. The van der Waals surface area contributed by atoms with Crippen LogP contribution in [0.2, 0.25) is 0 Å². The average molecular weight is 362 g/mol. The van der Waals surface area contributed by atoms with Gasteiger partial charge in [-0.3, -0.25) is 0 Å². The van der Waals surface area contributed by atoms with Crippen LogP contribution in [0.4, 0.5) is 0 Å². The van der Waals surface area contributed by atoms with Crippen molar-refractivity contribution in [3.63, 3.8) is 0 Å². The minimum atomic E-state index is 0.0363. The Morgan fingerprint density at radius 1 is 0.926 bits per heavy atom. The number of nitrogens with one attached hydrogen (secondary N) is 1. The van der Waals surface area contributed by atoms with Gasteiger partial charge in [-0.25, -0.2) is 0 Å². The van der Waals surface area contributed by atoms with Crippen LogP contribution in [0.3, 0.4) is 0 Å². The summed E-state index contributed by atoms with van der Waals surface area (Å²) in [7, 11) is 0. The SMILES string of the molecule is CCCCCCC1C(c2ccccc2)=C(NC(C)(C)C)c2ccc(C)cc21. The van der Waals surface area contributed by atoms with Crippen LogP contribution in [-0.2, 0) is 0 Å². The molecule has 1 N–H and O–H groups in total. The molecule has 0 spiro atoms. The van der Waals surface area contributed by atoms with Crippen LogP contribution in [0.25, 0.3) is 11.3 Å². The summed E-state index contributed by atoms with van der Waals surface area (Å²) in [6.07, 6.45) is 6.49. The van der Waals surface area contributed by atoms with Gasteiger partial charge in [-0.2, -0.15) is 0 Å². The summed E-state index contributed by atoms with van der Waals surface area (Å²) in [5.41, 5.74) is 8.49. The van der Waals surface area contributed by atoms with Gasteiger partial charge in [-0.15, -0.1) is 0 Å². The van der Waals surface area contributed by atoms with Gasteiger partial charge in [-0.1, -0.05) is 86.7 Å². The van der Waals surface area contributed by atoms with Crippen LogP contribution in [0.1, 0.15) is 88.0 Å². The van der Waals surface area contributed by atoms with Gasteiger partial charge >= 0.3 is 0 Å². The lowest BCUT2D eigenvalue weighted by Gasteiger charge is -2.25. The zero-order valence-electron chi connectivity index (χ0n) is 17.7. The largest absolute Gasteiger partial charge is 0.380 e. The fraction of sp³-hybridized carbons (Fsp3) is 0.462. The van der Waals surface area contributed by atoms with E-state index in [9.17, 15) is 0 Å². The Bertz CT molecular complexity index is 793. The molecule has 0 saturated carbocycles. The van der Waals surface area contributed by atoms with Crippen molar-refractivity contribution in [2.75, 3.05) is 0 Å². The van der Waals surface area contributed by atoms with Crippen LogP contribution in [0, 0.1) is 6.92 Å². The van der Waals surface area contributed by atoms with Crippen molar-refractivity contribution in [2.45, 2.75) is 78.2 Å². The van der Waals surface area contributed by atoms with E-state index < -0.39 is 0 Å². The Morgan fingerprint density at radius 3 is 2.33 bits per heavy atom. The first-order valence-corrected chi connectivity index (χ1v) is 10.6. The molecule has 1 unspecified atom stereocenters. The second-order valence-electron chi connectivity index (χ2n) is 9.02. The maximum Gasteiger partial charge on any atom is 0.0465 e. The second-order valence-corrected chi connectivity index (χ2v) is 9.02. The van der Waals surface area contributed by atoms with Crippen LogP contribution in [-0.4, -0.2) is 5.54 Å². The highest BCUT2D eigenvalue weighted by molar-refractivity contribution is 5.99. The Hall–Kier alpha value is -2.02. The molecule has 27 heavy (non-hydrogen) atoms. The lowest BCUT2D eigenvalue weighted by atomic mass is 9.86. The molecule has 144 valence electrons. The van der Waals surface area contributed by atoms with Crippen molar-refractivity contribution >= 4 is 11.3 Å². The van der Waals surface area contributed by atoms with Crippen molar-refractivity contribution in [1.29, 1.82) is 0 Å². The zero-order chi connectivity index (χ0) is 19.4. The summed E-state index contributed by atoms with van der Waals surface area (Å²) in [6, 6.07) is 18.0. The second kappa shape index (κ2) is 8.33. The number of rotatable bonds is 7. The van der Waals surface area contributed by atoms with E-state index in [1.807, 2.05) is 0 Å². The van der Waals surface area contributed by atoms with Gasteiger partial charge in [0.1, 0.15) is 0 Å². The third-order valence-electron chi connectivity index (χ3n) is 5.40. The van der Waals surface area contributed by atoms with E-state index >= 15 is 0 Å².